The summed E-state index contributed by atoms with van der Waals surface area (Å²) < 4.78 is 4.87. The maximum absolute atomic E-state index is 11.7. The fraction of sp³-hybridized carbons (Fsp3) is 0.450. The molecule has 1 fully saturated rings. The lowest BCUT2D eigenvalue weighted by atomic mass is 9.97. The SMILES string of the molecule is CCNC(=NCc1cccc2cccnc12)N1CCC(C(=O)OC)CC1. The number of guanidine groups is 1. The molecule has 1 aliphatic rings. The molecule has 0 saturated carbocycles. The summed E-state index contributed by atoms with van der Waals surface area (Å²) in [6.07, 6.45) is 3.41. The van der Waals surface area contributed by atoms with E-state index in [1.807, 2.05) is 18.3 Å². The van der Waals surface area contributed by atoms with Gasteiger partial charge in [0.15, 0.2) is 5.96 Å². The lowest BCUT2D eigenvalue weighted by Crippen LogP contribution is -2.46. The van der Waals surface area contributed by atoms with Crippen LogP contribution in [0, 0.1) is 5.92 Å². The number of esters is 1. The van der Waals surface area contributed by atoms with Crippen LogP contribution in [0.5, 0.6) is 0 Å². The van der Waals surface area contributed by atoms with Crippen molar-refractivity contribution in [3.63, 3.8) is 0 Å². The predicted octanol–water partition coefficient (Wildman–Crippen LogP) is 2.59. The Balaban J connectivity index is 1.72. The minimum Gasteiger partial charge on any atom is -0.469 e. The number of hydrogen-bond acceptors (Lipinski definition) is 4. The van der Waals surface area contributed by atoms with Crippen molar-refractivity contribution < 1.29 is 9.53 Å². The zero-order valence-electron chi connectivity index (χ0n) is 15.4. The lowest BCUT2D eigenvalue weighted by molar-refractivity contribution is -0.146. The van der Waals surface area contributed by atoms with E-state index in [9.17, 15) is 4.79 Å². The van der Waals surface area contributed by atoms with Gasteiger partial charge in [0.1, 0.15) is 0 Å². The number of ether oxygens (including phenoxy) is 1. The molecular formula is C20H26N4O2. The summed E-state index contributed by atoms with van der Waals surface area (Å²) in [5, 5.41) is 4.50. The Labute approximate surface area is 154 Å². The molecule has 0 aliphatic carbocycles. The molecule has 2 heterocycles. The number of carbonyl (C=O) groups is 1. The van der Waals surface area contributed by atoms with E-state index in [2.05, 4.69) is 40.3 Å². The van der Waals surface area contributed by atoms with Crippen molar-refractivity contribution >= 4 is 22.8 Å². The van der Waals surface area contributed by atoms with Crippen LogP contribution < -0.4 is 5.32 Å². The van der Waals surface area contributed by atoms with E-state index in [1.165, 1.54) is 7.11 Å². The van der Waals surface area contributed by atoms with Crippen LogP contribution in [0.3, 0.4) is 0 Å². The fourth-order valence-corrected chi connectivity index (χ4v) is 3.37. The standard InChI is InChI=1S/C20H26N4O2/c1-3-21-20(24-12-9-16(10-13-24)19(25)26-2)23-14-17-7-4-6-15-8-5-11-22-18(15)17/h4-8,11,16H,3,9-10,12-14H2,1-2H3,(H,21,23). The summed E-state index contributed by atoms with van der Waals surface area (Å²) in [6, 6.07) is 10.2. The molecule has 1 N–H and O–H groups in total. The molecule has 1 aromatic heterocycles. The average molecular weight is 354 g/mol. The number of para-hydroxylation sites is 1. The Hall–Kier alpha value is -2.63. The lowest BCUT2D eigenvalue weighted by Gasteiger charge is -2.33. The van der Waals surface area contributed by atoms with Gasteiger partial charge in [-0.25, -0.2) is 4.99 Å². The second-order valence-corrected chi connectivity index (χ2v) is 6.45. The summed E-state index contributed by atoms with van der Waals surface area (Å²) in [6.45, 7) is 5.06. The second kappa shape index (κ2) is 8.65. The number of fused-ring (bicyclic) bond motifs is 1. The number of pyridine rings is 1. The number of benzene rings is 1. The number of nitrogens with zero attached hydrogens (tertiary/aromatic N) is 3. The van der Waals surface area contributed by atoms with E-state index in [0.717, 1.165) is 54.9 Å². The van der Waals surface area contributed by atoms with Crippen molar-refractivity contribution in [3.05, 3.63) is 42.1 Å². The minimum atomic E-state index is -0.103. The summed E-state index contributed by atoms with van der Waals surface area (Å²) in [7, 11) is 1.46. The number of hydrogen-bond donors (Lipinski definition) is 1. The number of aromatic nitrogens is 1. The second-order valence-electron chi connectivity index (χ2n) is 6.45. The van der Waals surface area contributed by atoms with Gasteiger partial charge in [-0.3, -0.25) is 9.78 Å². The van der Waals surface area contributed by atoms with E-state index >= 15 is 0 Å². The summed E-state index contributed by atoms with van der Waals surface area (Å²) in [4.78, 5) is 23.3. The van der Waals surface area contributed by atoms with Crippen molar-refractivity contribution in [2.75, 3.05) is 26.7 Å². The maximum atomic E-state index is 11.7. The molecule has 6 nitrogen and oxygen atoms in total. The Bertz CT molecular complexity index is 777. The first-order valence-corrected chi connectivity index (χ1v) is 9.16. The number of methoxy groups -OCH3 is 1. The number of piperidine rings is 1. The molecule has 26 heavy (non-hydrogen) atoms. The molecule has 1 saturated heterocycles. The summed E-state index contributed by atoms with van der Waals surface area (Å²) in [5.41, 5.74) is 2.11. The highest BCUT2D eigenvalue weighted by molar-refractivity contribution is 5.83. The molecule has 6 heteroatoms. The normalized spacial score (nSPS) is 15.9. The number of aliphatic imine (C=N–C) groups is 1. The number of nitrogens with one attached hydrogen (secondary N) is 1. The van der Waals surface area contributed by atoms with Gasteiger partial charge in [-0.05, 0) is 31.4 Å². The van der Waals surface area contributed by atoms with Crippen molar-refractivity contribution in [1.82, 2.24) is 15.2 Å². The molecule has 0 amide bonds. The van der Waals surface area contributed by atoms with Crippen LogP contribution in [-0.2, 0) is 16.1 Å². The third-order valence-corrected chi connectivity index (χ3v) is 4.78. The smallest absolute Gasteiger partial charge is 0.308 e. The van der Waals surface area contributed by atoms with Crippen LogP contribution in [0.15, 0.2) is 41.5 Å². The van der Waals surface area contributed by atoms with Gasteiger partial charge < -0.3 is 15.0 Å². The molecule has 3 rings (SSSR count). The third kappa shape index (κ3) is 4.12. The molecule has 0 atom stereocenters. The minimum absolute atomic E-state index is 0.00129. The van der Waals surface area contributed by atoms with E-state index < -0.39 is 0 Å². The first kappa shape index (κ1) is 18.2. The summed E-state index contributed by atoms with van der Waals surface area (Å²) >= 11 is 0. The number of likely N-dealkylation sites (tertiary alicyclic amines) is 1. The van der Waals surface area contributed by atoms with Gasteiger partial charge in [-0.1, -0.05) is 24.3 Å². The molecule has 1 aromatic carbocycles. The highest BCUT2D eigenvalue weighted by atomic mass is 16.5. The summed E-state index contributed by atoms with van der Waals surface area (Å²) in [5.74, 6) is 0.790. The van der Waals surface area contributed by atoms with Crippen LogP contribution in [0.4, 0.5) is 0 Å². The number of carbonyl (C=O) groups excluding carboxylic acids is 1. The van der Waals surface area contributed by atoms with E-state index in [-0.39, 0.29) is 11.9 Å². The Morgan fingerprint density at radius 1 is 1.31 bits per heavy atom. The van der Waals surface area contributed by atoms with Crippen LogP contribution in [0.2, 0.25) is 0 Å². The molecule has 0 radical (unpaired) electrons. The van der Waals surface area contributed by atoms with Gasteiger partial charge in [0, 0.05) is 31.2 Å². The van der Waals surface area contributed by atoms with Crippen molar-refractivity contribution in [2.45, 2.75) is 26.3 Å². The van der Waals surface area contributed by atoms with Gasteiger partial charge in [-0.2, -0.15) is 0 Å². The molecule has 0 bridgehead atoms. The van der Waals surface area contributed by atoms with E-state index in [4.69, 9.17) is 9.73 Å². The molecule has 0 unspecified atom stereocenters. The molecule has 138 valence electrons. The largest absolute Gasteiger partial charge is 0.469 e. The zero-order chi connectivity index (χ0) is 18.4. The average Bonchev–Trinajstić information content (AvgIpc) is 2.70. The van der Waals surface area contributed by atoms with Gasteiger partial charge in [0.05, 0.1) is 25.1 Å². The zero-order valence-corrected chi connectivity index (χ0v) is 15.4. The van der Waals surface area contributed by atoms with Crippen LogP contribution in [0.1, 0.15) is 25.3 Å². The molecular weight excluding hydrogens is 328 g/mol. The molecule has 2 aromatic rings. The monoisotopic (exact) mass is 354 g/mol. The van der Waals surface area contributed by atoms with Crippen molar-refractivity contribution in [1.29, 1.82) is 0 Å². The Kier molecular flexibility index (Phi) is 6.04. The van der Waals surface area contributed by atoms with E-state index in [1.54, 1.807) is 0 Å². The topological polar surface area (TPSA) is 66.8 Å². The Morgan fingerprint density at radius 2 is 2.08 bits per heavy atom. The Morgan fingerprint density at radius 3 is 2.81 bits per heavy atom. The van der Waals surface area contributed by atoms with Gasteiger partial charge in [0.2, 0.25) is 0 Å². The quantitative estimate of drug-likeness (QED) is 0.519. The first-order valence-electron chi connectivity index (χ1n) is 9.16. The van der Waals surface area contributed by atoms with Gasteiger partial charge in [0.25, 0.3) is 0 Å². The van der Waals surface area contributed by atoms with Crippen LogP contribution in [0.25, 0.3) is 10.9 Å². The maximum Gasteiger partial charge on any atom is 0.308 e. The van der Waals surface area contributed by atoms with Crippen molar-refractivity contribution in [3.8, 4) is 0 Å². The third-order valence-electron chi connectivity index (χ3n) is 4.78. The predicted molar refractivity (Wildman–Crippen MR) is 103 cm³/mol. The van der Waals surface area contributed by atoms with E-state index in [0.29, 0.717) is 6.54 Å². The highest BCUT2D eigenvalue weighted by Crippen LogP contribution is 2.20. The number of rotatable bonds is 4. The van der Waals surface area contributed by atoms with Gasteiger partial charge >= 0.3 is 5.97 Å². The van der Waals surface area contributed by atoms with Crippen LogP contribution >= 0.6 is 0 Å². The highest BCUT2D eigenvalue weighted by Gasteiger charge is 2.26. The first-order chi connectivity index (χ1) is 12.7. The fourth-order valence-electron chi connectivity index (χ4n) is 3.37. The molecule has 0 spiro atoms. The van der Waals surface area contributed by atoms with Gasteiger partial charge in [-0.15, -0.1) is 0 Å². The molecule has 1 aliphatic heterocycles. The van der Waals surface area contributed by atoms with Crippen molar-refractivity contribution in [2.24, 2.45) is 10.9 Å². The van der Waals surface area contributed by atoms with Crippen LogP contribution in [-0.4, -0.2) is 48.6 Å².